The van der Waals surface area contributed by atoms with Gasteiger partial charge in [0, 0.05) is 17.6 Å². The summed E-state index contributed by atoms with van der Waals surface area (Å²) in [6.07, 6.45) is 2.60. The topological polar surface area (TPSA) is 80.4 Å². The lowest BCUT2D eigenvalue weighted by molar-refractivity contribution is 0.102. The second kappa shape index (κ2) is 8.85. The summed E-state index contributed by atoms with van der Waals surface area (Å²) in [5, 5.41) is 3.51. The summed E-state index contributed by atoms with van der Waals surface area (Å²) in [5.74, 6) is 0.718. The molecule has 1 aliphatic heterocycles. The molecule has 2 heterocycles. The number of benzene rings is 1. The number of nitrogens with one attached hydrogen (secondary N) is 1. The average molecular weight is 371 g/mol. The predicted octanol–water partition coefficient (Wildman–Crippen LogP) is 4.34. The molecule has 1 unspecified atom stereocenters. The van der Waals surface area contributed by atoms with Gasteiger partial charge in [-0.2, -0.15) is 0 Å². The number of aromatic nitrogens is 1. The van der Waals surface area contributed by atoms with Gasteiger partial charge in [-0.25, -0.2) is 0 Å². The van der Waals surface area contributed by atoms with E-state index in [-0.39, 0.29) is 11.4 Å². The Bertz CT molecular complexity index is 789. The third-order valence-corrected chi connectivity index (χ3v) is 4.88. The van der Waals surface area contributed by atoms with Gasteiger partial charge in [0.25, 0.3) is 5.91 Å². The highest BCUT2D eigenvalue weighted by molar-refractivity contribution is 8.13. The van der Waals surface area contributed by atoms with Gasteiger partial charge in [-0.15, -0.1) is 0 Å². The van der Waals surface area contributed by atoms with Crippen LogP contribution < -0.4 is 11.1 Å². The van der Waals surface area contributed by atoms with Crippen molar-refractivity contribution >= 4 is 28.5 Å². The molecule has 1 aromatic heterocycles. The molecule has 0 bridgehead atoms. The Labute approximate surface area is 159 Å². The summed E-state index contributed by atoms with van der Waals surface area (Å²) >= 11 is 1.58. The molecule has 138 valence electrons. The summed E-state index contributed by atoms with van der Waals surface area (Å²) in [5.41, 5.74) is 8.73. The second-order valence-corrected chi connectivity index (χ2v) is 7.19. The number of rotatable bonds is 3. The maximum absolute atomic E-state index is 12.3. The van der Waals surface area contributed by atoms with Crippen LogP contribution in [0.4, 0.5) is 5.69 Å². The Morgan fingerprint density at radius 2 is 2.04 bits per heavy atom. The van der Waals surface area contributed by atoms with E-state index in [2.05, 4.69) is 22.2 Å². The van der Waals surface area contributed by atoms with E-state index in [0.29, 0.717) is 10.9 Å². The number of aryl methyl sites for hydroxylation is 1. The van der Waals surface area contributed by atoms with E-state index in [1.807, 2.05) is 51.1 Å². The molecule has 6 heteroatoms. The number of nitrogens with two attached hydrogens (primary N) is 1. The molecule has 0 fully saturated rings. The highest BCUT2D eigenvalue weighted by atomic mass is 32.2. The zero-order valence-electron chi connectivity index (χ0n) is 15.7. The summed E-state index contributed by atoms with van der Waals surface area (Å²) in [6.45, 7) is 8.01. The van der Waals surface area contributed by atoms with Gasteiger partial charge in [0.05, 0.1) is 5.54 Å². The fourth-order valence-corrected chi connectivity index (χ4v) is 3.60. The van der Waals surface area contributed by atoms with Crippen molar-refractivity contribution in [3.05, 3.63) is 59.4 Å². The first-order valence-electron chi connectivity index (χ1n) is 8.79. The monoisotopic (exact) mass is 370 g/mol. The van der Waals surface area contributed by atoms with Gasteiger partial charge in [-0.05, 0) is 49.6 Å². The van der Waals surface area contributed by atoms with Gasteiger partial charge in [0.15, 0.2) is 5.17 Å². The van der Waals surface area contributed by atoms with Crippen LogP contribution in [0.1, 0.15) is 48.8 Å². The van der Waals surface area contributed by atoms with Crippen molar-refractivity contribution in [3.8, 4) is 0 Å². The molecular formula is C20H26N4OS. The highest BCUT2D eigenvalue weighted by Gasteiger charge is 2.29. The van der Waals surface area contributed by atoms with Gasteiger partial charge in [0.1, 0.15) is 5.69 Å². The van der Waals surface area contributed by atoms with Crippen molar-refractivity contribution in [1.82, 2.24) is 4.98 Å². The highest BCUT2D eigenvalue weighted by Crippen LogP contribution is 2.35. The predicted molar refractivity (Wildman–Crippen MR) is 111 cm³/mol. The molecule has 5 nitrogen and oxygen atoms in total. The van der Waals surface area contributed by atoms with E-state index in [1.165, 1.54) is 0 Å². The molecular weight excluding hydrogens is 344 g/mol. The van der Waals surface area contributed by atoms with Crippen LogP contribution in [0.2, 0.25) is 0 Å². The Hall–Kier alpha value is -2.34. The van der Waals surface area contributed by atoms with E-state index in [9.17, 15) is 4.79 Å². The summed E-state index contributed by atoms with van der Waals surface area (Å²) in [7, 11) is 0. The minimum Gasteiger partial charge on any atom is -0.379 e. The van der Waals surface area contributed by atoms with Crippen molar-refractivity contribution in [2.75, 3.05) is 11.1 Å². The molecule has 0 saturated carbocycles. The number of hydrogen-bond donors (Lipinski definition) is 2. The van der Waals surface area contributed by atoms with E-state index in [4.69, 9.17) is 5.73 Å². The minimum atomic E-state index is -0.349. The van der Waals surface area contributed by atoms with E-state index >= 15 is 0 Å². The molecule has 1 aromatic carbocycles. The molecule has 0 radical (unpaired) electrons. The number of carbonyl (C=O) groups is 1. The van der Waals surface area contributed by atoms with Gasteiger partial charge < -0.3 is 11.1 Å². The lowest BCUT2D eigenvalue weighted by Gasteiger charge is -2.30. The van der Waals surface area contributed by atoms with E-state index in [1.54, 1.807) is 24.0 Å². The maximum Gasteiger partial charge on any atom is 0.274 e. The molecule has 3 N–H and O–H groups in total. The molecule has 3 rings (SSSR count). The summed E-state index contributed by atoms with van der Waals surface area (Å²) in [6, 6.07) is 11.4. The first kappa shape index (κ1) is 20.0. The van der Waals surface area contributed by atoms with Crippen molar-refractivity contribution in [1.29, 1.82) is 0 Å². The SMILES string of the molecule is CC.Cc1ccc(C(=O)Nc2cccc(C3(C)CCSC(N)=N3)c2)nc1. The number of nitrogens with zero attached hydrogens (tertiary/aromatic N) is 2. The van der Waals surface area contributed by atoms with Crippen LogP contribution in [0.15, 0.2) is 47.6 Å². The Morgan fingerprint density at radius 1 is 1.27 bits per heavy atom. The number of thioether (sulfide) groups is 1. The van der Waals surface area contributed by atoms with Crippen LogP contribution in [0.3, 0.4) is 0 Å². The van der Waals surface area contributed by atoms with Crippen molar-refractivity contribution in [3.63, 3.8) is 0 Å². The van der Waals surface area contributed by atoms with Crippen LogP contribution >= 0.6 is 11.8 Å². The molecule has 26 heavy (non-hydrogen) atoms. The van der Waals surface area contributed by atoms with Crippen LogP contribution in [-0.2, 0) is 5.54 Å². The maximum atomic E-state index is 12.3. The Balaban J connectivity index is 0.00000117. The molecule has 1 atom stereocenters. The van der Waals surface area contributed by atoms with Crippen molar-refractivity contribution in [2.24, 2.45) is 10.7 Å². The largest absolute Gasteiger partial charge is 0.379 e. The third kappa shape index (κ3) is 4.85. The molecule has 0 aliphatic carbocycles. The third-order valence-electron chi connectivity index (χ3n) is 4.08. The number of carbonyl (C=O) groups excluding carboxylic acids is 1. The van der Waals surface area contributed by atoms with Gasteiger partial charge in [-0.1, -0.05) is 43.8 Å². The lowest BCUT2D eigenvalue weighted by Crippen LogP contribution is -2.28. The summed E-state index contributed by atoms with van der Waals surface area (Å²) in [4.78, 5) is 21.1. The number of amidine groups is 1. The molecule has 1 aliphatic rings. The molecule has 0 saturated heterocycles. The van der Waals surface area contributed by atoms with Crippen molar-refractivity contribution in [2.45, 2.75) is 39.7 Å². The number of pyridine rings is 1. The molecule has 0 spiro atoms. The minimum absolute atomic E-state index is 0.223. The van der Waals surface area contributed by atoms with Crippen LogP contribution in [0.25, 0.3) is 0 Å². The second-order valence-electron chi connectivity index (χ2n) is 6.08. The van der Waals surface area contributed by atoms with Crippen molar-refractivity contribution < 1.29 is 4.79 Å². The standard InChI is InChI=1S/C18H20N4OS.C2H6/c1-12-6-7-15(20-11-12)16(23)21-14-5-3-4-13(10-14)18(2)8-9-24-17(19)22-18;1-2/h3-7,10-11H,8-9H2,1-2H3,(H2,19,22)(H,21,23);1-2H3. The molecule has 2 aromatic rings. The number of anilines is 1. The molecule has 1 amide bonds. The number of aliphatic imine (C=N–C) groups is 1. The van der Waals surface area contributed by atoms with Crippen LogP contribution in [-0.4, -0.2) is 21.8 Å². The number of amides is 1. The Morgan fingerprint density at radius 3 is 2.69 bits per heavy atom. The van der Waals surface area contributed by atoms with Gasteiger partial charge >= 0.3 is 0 Å². The van der Waals surface area contributed by atoms with Crippen LogP contribution in [0, 0.1) is 6.92 Å². The fourth-order valence-electron chi connectivity index (χ4n) is 2.62. The van der Waals surface area contributed by atoms with Crippen LogP contribution in [0.5, 0.6) is 0 Å². The zero-order valence-corrected chi connectivity index (χ0v) is 16.6. The quantitative estimate of drug-likeness (QED) is 0.842. The first-order chi connectivity index (χ1) is 12.5. The lowest BCUT2D eigenvalue weighted by atomic mass is 9.89. The fraction of sp³-hybridized carbons (Fsp3) is 0.350. The number of hydrogen-bond acceptors (Lipinski definition) is 5. The van der Waals surface area contributed by atoms with Gasteiger partial charge in [0.2, 0.25) is 0 Å². The smallest absolute Gasteiger partial charge is 0.274 e. The van der Waals surface area contributed by atoms with E-state index in [0.717, 1.165) is 29.0 Å². The first-order valence-corrected chi connectivity index (χ1v) is 9.77. The summed E-state index contributed by atoms with van der Waals surface area (Å²) < 4.78 is 0. The zero-order chi connectivity index (χ0) is 19.2. The van der Waals surface area contributed by atoms with Gasteiger partial charge in [-0.3, -0.25) is 14.8 Å². The Kier molecular flexibility index (Phi) is 6.80. The normalized spacial score (nSPS) is 19.0. The average Bonchev–Trinajstić information content (AvgIpc) is 2.64. The van der Waals surface area contributed by atoms with E-state index < -0.39 is 0 Å².